The molecule has 0 aliphatic heterocycles. The number of aromatic nitrogens is 1. The number of amides is 1. The normalized spacial score (nSPS) is 11.0. The average molecular weight is 371 g/mol. The van der Waals surface area contributed by atoms with E-state index in [-0.39, 0.29) is 11.5 Å². The van der Waals surface area contributed by atoms with Crippen molar-refractivity contribution >= 4 is 12.0 Å². The first-order chi connectivity index (χ1) is 13.6. The Kier molecular flexibility index (Phi) is 5.93. The summed E-state index contributed by atoms with van der Waals surface area (Å²) in [7, 11) is 1.63. The quantitative estimate of drug-likeness (QED) is 0.526. The molecule has 2 aromatic carbocycles. The van der Waals surface area contributed by atoms with Crippen molar-refractivity contribution in [3.8, 4) is 17.5 Å². The van der Waals surface area contributed by atoms with Gasteiger partial charge >= 0.3 is 0 Å². The minimum atomic E-state index is -0.388. The van der Waals surface area contributed by atoms with Gasteiger partial charge in [-0.25, -0.2) is 0 Å². The summed E-state index contributed by atoms with van der Waals surface area (Å²) in [6.45, 7) is 2.35. The molecule has 3 aromatic rings. The van der Waals surface area contributed by atoms with Gasteiger partial charge in [-0.15, -0.1) is 0 Å². The van der Waals surface area contributed by atoms with Crippen LogP contribution in [0.1, 0.15) is 16.8 Å². The van der Waals surface area contributed by atoms with Crippen LogP contribution in [0.25, 0.3) is 11.8 Å². The summed E-state index contributed by atoms with van der Waals surface area (Å²) >= 11 is 0. The second-order valence-electron chi connectivity index (χ2n) is 6.32. The third-order valence-corrected chi connectivity index (χ3v) is 4.36. The van der Waals surface area contributed by atoms with Crippen LogP contribution in [0.2, 0.25) is 0 Å². The summed E-state index contributed by atoms with van der Waals surface area (Å²) in [5, 5.41) is 12.2. The molecule has 0 spiro atoms. The highest BCUT2D eigenvalue weighted by Gasteiger charge is 2.10. The molecule has 5 heteroatoms. The average Bonchev–Trinajstić information content (AvgIpc) is 3.11. The first kappa shape index (κ1) is 19.0. The molecule has 0 aliphatic rings. The Bertz CT molecular complexity index is 1030. The van der Waals surface area contributed by atoms with E-state index in [4.69, 9.17) is 4.74 Å². The fourth-order valence-electron chi connectivity index (χ4n) is 2.89. The minimum absolute atomic E-state index is 0.0720. The number of carbonyl (C=O) groups is 1. The lowest BCUT2D eigenvalue weighted by Gasteiger charge is -2.07. The lowest BCUT2D eigenvalue weighted by molar-refractivity contribution is -0.117. The molecule has 1 N–H and O–H groups in total. The van der Waals surface area contributed by atoms with Crippen molar-refractivity contribution in [1.82, 2.24) is 9.88 Å². The van der Waals surface area contributed by atoms with E-state index in [0.717, 1.165) is 28.3 Å². The first-order valence-corrected chi connectivity index (χ1v) is 8.88. The van der Waals surface area contributed by atoms with Gasteiger partial charge in [0.25, 0.3) is 5.91 Å². The molecule has 1 heterocycles. The van der Waals surface area contributed by atoms with E-state index in [1.54, 1.807) is 13.2 Å². The maximum Gasteiger partial charge on any atom is 0.262 e. The molecule has 0 saturated heterocycles. The van der Waals surface area contributed by atoms with E-state index in [2.05, 4.69) is 5.32 Å². The Hall–Kier alpha value is -3.78. The van der Waals surface area contributed by atoms with Crippen LogP contribution in [0.4, 0.5) is 0 Å². The molecule has 0 fully saturated rings. The highest BCUT2D eigenvalue weighted by molar-refractivity contribution is 6.01. The molecular weight excluding hydrogens is 350 g/mol. The zero-order chi connectivity index (χ0) is 19.9. The molecule has 0 bridgehead atoms. The largest absolute Gasteiger partial charge is 0.497 e. The number of hydrogen-bond acceptors (Lipinski definition) is 3. The summed E-state index contributed by atoms with van der Waals surface area (Å²) < 4.78 is 7.19. The van der Waals surface area contributed by atoms with Crippen molar-refractivity contribution in [3.63, 3.8) is 0 Å². The molecule has 1 aromatic heterocycles. The lowest BCUT2D eigenvalue weighted by atomic mass is 10.1. The van der Waals surface area contributed by atoms with E-state index >= 15 is 0 Å². The molecule has 0 unspecified atom stereocenters. The number of nitrogens with one attached hydrogen (secondary N) is 1. The van der Waals surface area contributed by atoms with Crippen molar-refractivity contribution in [1.29, 1.82) is 5.26 Å². The van der Waals surface area contributed by atoms with Crippen LogP contribution in [0.15, 0.2) is 72.4 Å². The summed E-state index contributed by atoms with van der Waals surface area (Å²) in [5.41, 5.74) is 3.82. The van der Waals surface area contributed by atoms with Gasteiger partial charge in [-0.05, 0) is 54.5 Å². The van der Waals surface area contributed by atoms with Crippen molar-refractivity contribution < 1.29 is 9.53 Å². The Morgan fingerprint density at radius 2 is 1.89 bits per heavy atom. The Morgan fingerprint density at radius 3 is 2.54 bits per heavy atom. The predicted molar refractivity (Wildman–Crippen MR) is 109 cm³/mol. The van der Waals surface area contributed by atoms with E-state index in [1.165, 1.54) is 0 Å². The number of aryl methyl sites for hydroxylation is 1. The van der Waals surface area contributed by atoms with Gasteiger partial charge in [0, 0.05) is 24.1 Å². The van der Waals surface area contributed by atoms with Gasteiger partial charge in [0.2, 0.25) is 0 Å². The van der Waals surface area contributed by atoms with Crippen molar-refractivity contribution in [2.45, 2.75) is 13.5 Å². The molecule has 1 amide bonds. The van der Waals surface area contributed by atoms with Crippen LogP contribution in [0.3, 0.4) is 0 Å². The zero-order valence-electron chi connectivity index (χ0n) is 15.8. The SMILES string of the molecule is COc1ccc(-n2cc(/C=C(\C#N)C(=O)NCc3ccccc3)cc2C)cc1. The smallest absolute Gasteiger partial charge is 0.262 e. The first-order valence-electron chi connectivity index (χ1n) is 8.88. The summed E-state index contributed by atoms with van der Waals surface area (Å²) in [4.78, 5) is 12.4. The third kappa shape index (κ3) is 4.49. The number of carbonyl (C=O) groups excluding carboxylic acids is 1. The van der Waals surface area contributed by atoms with Gasteiger partial charge in [-0.2, -0.15) is 5.26 Å². The van der Waals surface area contributed by atoms with E-state index in [1.807, 2.05) is 84.4 Å². The van der Waals surface area contributed by atoms with Gasteiger partial charge < -0.3 is 14.6 Å². The Labute approximate surface area is 164 Å². The molecule has 0 atom stereocenters. The Balaban J connectivity index is 1.77. The van der Waals surface area contributed by atoms with Crippen molar-refractivity contribution in [2.24, 2.45) is 0 Å². The van der Waals surface area contributed by atoms with Crippen LogP contribution < -0.4 is 10.1 Å². The maximum atomic E-state index is 12.4. The van der Waals surface area contributed by atoms with Gasteiger partial charge in [0.1, 0.15) is 17.4 Å². The van der Waals surface area contributed by atoms with Gasteiger partial charge in [0.15, 0.2) is 0 Å². The molecule has 28 heavy (non-hydrogen) atoms. The number of hydrogen-bond donors (Lipinski definition) is 1. The number of nitrogens with zero attached hydrogens (tertiary/aromatic N) is 2. The lowest BCUT2D eigenvalue weighted by Crippen LogP contribution is -2.23. The molecule has 3 rings (SSSR count). The number of methoxy groups -OCH3 is 1. The number of nitriles is 1. The van der Waals surface area contributed by atoms with Crippen LogP contribution >= 0.6 is 0 Å². The van der Waals surface area contributed by atoms with Crippen molar-refractivity contribution in [3.05, 3.63) is 89.3 Å². The zero-order valence-corrected chi connectivity index (χ0v) is 15.8. The monoisotopic (exact) mass is 371 g/mol. The van der Waals surface area contributed by atoms with E-state index in [9.17, 15) is 10.1 Å². The summed E-state index contributed by atoms with van der Waals surface area (Å²) in [6.07, 6.45) is 3.51. The van der Waals surface area contributed by atoms with E-state index < -0.39 is 0 Å². The van der Waals surface area contributed by atoms with E-state index in [0.29, 0.717) is 6.54 Å². The maximum absolute atomic E-state index is 12.4. The summed E-state index contributed by atoms with van der Waals surface area (Å²) in [5.74, 6) is 0.400. The molecule has 0 saturated carbocycles. The molecule has 140 valence electrons. The van der Waals surface area contributed by atoms with Crippen LogP contribution in [0.5, 0.6) is 5.75 Å². The van der Waals surface area contributed by atoms with Gasteiger partial charge in [0.05, 0.1) is 7.11 Å². The highest BCUT2D eigenvalue weighted by Crippen LogP contribution is 2.20. The topological polar surface area (TPSA) is 67.0 Å². The van der Waals surface area contributed by atoms with Crippen LogP contribution in [0, 0.1) is 18.3 Å². The highest BCUT2D eigenvalue weighted by atomic mass is 16.5. The number of rotatable bonds is 6. The van der Waals surface area contributed by atoms with Crippen LogP contribution in [-0.2, 0) is 11.3 Å². The second kappa shape index (κ2) is 8.74. The summed E-state index contributed by atoms with van der Waals surface area (Å²) in [6, 6.07) is 21.2. The molecule has 0 aliphatic carbocycles. The van der Waals surface area contributed by atoms with Crippen molar-refractivity contribution in [2.75, 3.05) is 7.11 Å². The fourth-order valence-corrected chi connectivity index (χ4v) is 2.89. The molecule has 0 radical (unpaired) electrons. The van der Waals surface area contributed by atoms with Crippen LogP contribution in [-0.4, -0.2) is 17.6 Å². The Morgan fingerprint density at radius 1 is 1.18 bits per heavy atom. The standard InChI is InChI=1S/C23H21N3O2/c1-17-12-19(16-26(17)21-8-10-22(28-2)11-9-21)13-20(14-24)23(27)25-15-18-6-4-3-5-7-18/h3-13,16H,15H2,1-2H3,(H,25,27)/b20-13+. The number of benzene rings is 2. The second-order valence-corrected chi connectivity index (χ2v) is 6.32. The van der Waals surface area contributed by atoms with Gasteiger partial charge in [-0.1, -0.05) is 30.3 Å². The molecular formula is C23H21N3O2. The minimum Gasteiger partial charge on any atom is -0.497 e. The molecule has 5 nitrogen and oxygen atoms in total. The number of ether oxygens (including phenoxy) is 1. The van der Waals surface area contributed by atoms with Gasteiger partial charge in [-0.3, -0.25) is 4.79 Å². The third-order valence-electron chi connectivity index (χ3n) is 4.36. The fraction of sp³-hybridized carbons (Fsp3) is 0.130. The predicted octanol–water partition coefficient (Wildman–Crippen LogP) is 4.02.